The van der Waals surface area contributed by atoms with Crippen molar-refractivity contribution in [2.75, 3.05) is 19.6 Å². The van der Waals surface area contributed by atoms with E-state index in [9.17, 15) is 13.2 Å². The molecule has 1 rings (SSSR count). The van der Waals surface area contributed by atoms with Gasteiger partial charge in [0.2, 0.25) is 0 Å². The molecule has 0 aromatic heterocycles. The fourth-order valence-electron chi connectivity index (χ4n) is 2.60. The van der Waals surface area contributed by atoms with E-state index < -0.39 is 12.6 Å². The first-order valence-corrected chi connectivity index (χ1v) is 7.17. The van der Waals surface area contributed by atoms with Gasteiger partial charge >= 0.3 is 6.18 Å². The van der Waals surface area contributed by atoms with Crippen LogP contribution >= 0.6 is 0 Å². The van der Waals surface area contributed by atoms with Crippen molar-refractivity contribution in [3.05, 3.63) is 0 Å². The van der Waals surface area contributed by atoms with E-state index in [0.717, 1.165) is 19.4 Å². The van der Waals surface area contributed by atoms with Crippen molar-refractivity contribution >= 4 is 0 Å². The summed E-state index contributed by atoms with van der Waals surface area (Å²) in [5.74, 6) is 0. The summed E-state index contributed by atoms with van der Waals surface area (Å²) in [6, 6.07) is 0.500. The Balaban J connectivity index is 2.62. The highest BCUT2D eigenvalue weighted by Crippen LogP contribution is 2.26. The lowest BCUT2D eigenvalue weighted by molar-refractivity contribution is -0.140. The zero-order valence-electron chi connectivity index (χ0n) is 12.5. The summed E-state index contributed by atoms with van der Waals surface area (Å²) in [4.78, 5) is 2.03. The highest BCUT2D eigenvalue weighted by atomic mass is 19.4. The number of piperazine rings is 1. The molecule has 114 valence electrons. The average Bonchev–Trinajstić information content (AvgIpc) is 2.25. The minimum Gasteiger partial charge on any atom is -0.311 e. The molecule has 2 atom stereocenters. The Labute approximate surface area is 114 Å². The van der Waals surface area contributed by atoms with Crippen molar-refractivity contribution in [3.63, 3.8) is 0 Å². The molecule has 2 nitrogen and oxygen atoms in total. The number of alkyl halides is 3. The average molecular weight is 280 g/mol. The van der Waals surface area contributed by atoms with Crippen molar-refractivity contribution in [1.82, 2.24) is 10.2 Å². The van der Waals surface area contributed by atoms with Crippen LogP contribution in [-0.4, -0.2) is 42.8 Å². The van der Waals surface area contributed by atoms with Crippen LogP contribution in [0, 0.1) is 5.41 Å². The minimum absolute atomic E-state index is 0.0771. The van der Waals surface area contributed by atoms with Crippen molar-refractivity contribution in [2.45, 2.75) is 65.2 Å². The van der Waals surface area contributed by atoms with Crippen LogP contribution in [-0.2, 0) is 0 Å². The Morgan fingerprint density at radius 1 is 1.21 bits per heavy atom. The number of halogens is 3. The molecule has 0 radical (unpaired) electrons. The Hall–Kier alpha value is -0.290. The molecule has 1 N–H and O–H groups in total. The molecule has 5 heteroatoms. The quantitative estimate of drug-likeness (QED) is 0.849. The molecule has 0 saturated carbocycles. The predicted molar refractivity (Wildman–Crippen MR) is 72.2 cm³/mol. The molecular weight excluding hydrogens is 253 g/mol. The summed E-state index contributed by atoms with van der Waals surface area (Å²) in [6.07, 6.45) is -2.79. The van der Waals surface area contributed by atoms with E-state index in [1.807, 2.05) is 4.90 Å². The standard InChI is InChI=1S/C14H27F3N2/c1-5-6-11-9-18-12(13(2,3)4)10-19(11)8-7-14(15,16)17/h11-12,18H,5-10H2,1-4H3. The van der Waals surface area contributed by atoms with Gasteiger partial charge in [0.05, 0.1) is 6.42 Å². The Bertz CT molecular complexity index is 271. The maximum absolute atomic E-state index is 12.4. The SMILES string of the molecule is CCCC1CNC(C(C)(C)C)CN1CCC(F)(F)F. The van der Waals surface area contributed by atoms with Crippen LogP contribution in [0.4, 0.5) is 13.2 Å². The lowest BCUT2D eigenvalue weighted by Gasteiger charge is -2.45. The molecule has 0 bridgehead atoms. The summed E-state index contributed by atoms with van der Waals surface area (Å²) < 4.78 is 37.2. The van der Waals surface area contributed by atoms with Gasteiger partial charge in [-0.3, -0.25) is 4.90 Å². The van der Waals surface area contributed by atoms with Gasteiger partial charge in [0, 0.05) is 31.7 Å². The molecule has 19 heavy (non-hydrogen) atoms. The van der Waals surface area contributed by atoms with E-state index in [1.54, 1.807) is 0 Å². The summed E-state index contributed by atoms with van der Waals surface area (Å²) in [6.45, 7) is 10.1. The molecule has 1 saturated heterocycles. The van der Waals surface area contributed by atoms with E-state index in [-0.39, 0.29) is 24.0 Å². The fourth-order valence-corrected chi connectivity index (χ4v) is 2.60. The van der Waals surface area contributed by atoms with E-state index >= 15 is 0 Å². The third-order valence-corrected chi connectivity index (χ3v) is 3.88. The van der Waals surface area contributed by atoms with Gasteiger partial charge in [-0.15, -0.1) is 0 Å². The Morgan fingerprint density at radius 3 is 2.32 bits per heavy atom. The number of rotatable bonds is 4. The van der Waals surface area contributed by atoms with Crippen LogP contribution in [0.5, 0.6) is 0 Å². The Morgan fingerprint density at radius 2 is 1.84 bits per heavy atom. The van der Waals surface area contributed by atoms with Gasteiger partial charge in [0.1, 0.15) is 0 Å². The van der Waals surface area contributed by atoms with Gasteiger partial charge in [-0.25, -0.2) is 0 Å². The van der Waals surface area contributed by atoms with E-state index in [0.29, 0.717) is 6.54 Å². The molecule has 0 spiro atoms. The van der Waals surface area contributed by atoms with E-state index in [2.05, 4.69) is 33.0 Å². The van der Waals surface area contributed by atoms with Crippen LogP contribution in [0.2, 0.25) is 0 Å². The van der Waals surface area contributed by atoms with Gasteiger partial charge in [-0.05, 0) is 11.8 Å². The first-order valence-electron chi connectivity index (χ1n) is 7.17. The van der Waals surface area contributed by atoms with Crippen LogP contribution < -0.4 is 5.32 Å². The summed E-state index contributed by atoms with van der Waals surface area (Å²) >= 11 is 0. The summed E-state index contributed by atoms with van der Waals surface area (Å²) in [5, 5.41) is 3.50. The van der Waals surface area contributed by atoms with Gasteiger partial charge in [0.25, 0.3) is 0 Å². The maximum Gasteiger partial charge on any atom is 0.390 e. The number of nitrogens with one attached hydrogen (secondary N) is 1. The van der Waals surface area contributed by atoms with Gasteiger partial charge < -0.3 is 5.32 Å². The van der Waals surface area contributed by atoms with Gasteiger partial charge in [-0.2, -0.15) is 13.2 Å². The highest BCUT2D eigenvalue weighted by molar-refractivity contribution is 4.91. The molecule has 1 aliphatic heterocycles. The van der Waals surface area contributed by atoms with Gasteiger partial charge in [0.15, 0.2) is 0 Å². The lowest BCUT2D eigenvalue weighted by atomic mass is 9.84. The topological polar surface area (TPSA) is 15.3 Å². The van der Waals surface area contributed by atoms with Crippen LogP contribution in [0.15, 0.2) is 0 Å². The number of hydrogen-bond acceptors (Lipinski definition) is 2. The largest absolute Gasteiger partial charge is 0.390 e. The number of nitrogens with zero attached hydrogens (tertiary/aromatic N) is 1. The van der Waals surface area contributed by atoms with Gasteiger partial charge in [-0.1, -0.05) is 34.1 Å². The monoisotopic (exact) mass is 280 g/mol. The second kappa shape index (κ2) is 6.44. The van der Waals surface area contributed by atoms with E-state index in [1.165, 1.54) is 0 Å². The zero-order valence-corrected chi connectivity index (χ0v) is 12.5. The minimum atomic E-state index is -4.06. The van der Waals surface area contributed by atoms with Crippen LogP contribution in [0.1, 0.15) is 47.0 Å². The second-order valence-electron chi connectivity index (χ2n) is 6.63. The molecule has 1 aliphatic rings. The molecule has 0 aliphatic carbocycles. The van der Waals surface area contributed by atoms with Crippen LogP contribution in [0.25, 0.3) is 0 Å². The molecule has 0 aromatic rings. The molecule has 1 heterocycles. The lowest BCUT2D eigenvalue weighted by Crippen LogP contribution is -2.60. The molecule has 0 aromatic carbocycles. The molecule has 0 amide bonds. The molecule has 1 fully saturated rings. The smallest absolute Gasteiger partial charge is 0.311 e. The second-order valence-corrected chi connectivity index (χ2v) is 6.63. The van der Waals surface area contributed by atoms with Crippen molar-refractivity contribution in [1.29, 1.82) is 0 Å². The van der Waals surface area contributed by atoms with Crippen molar-refractivity contribution in [2.24, 2.45) is 5.41 Å². The van der Waals surface area contributed by atoms with Crippen molar-refractivity contribution in [3.8, 4) is 0 Å². The van der Waals surface area contributed by atoms with Crippen LogP contribution in [0.3, 0.4) is 0 Å². The maximum atomic E-state index is 12.4. The number of hydrogen-bond donors (Lipinski definition) is 1. The normalized spacial score (nSPS) is 26.7. The summed E-state index contributed by atoms with van der Waals surface area (Å²) in [7, 11) is 0. The Kier molecular flexibility index (Phi) is 5.68. The first kappa shape index (κ1) is 16.8. The first-order chi connectivity index (χ1) is 8.63. The third-order valence-electron chi connectivity index (χ3n) is 3.88. The fraction of sp³-hybridized carbons (Fsp3) is 1.00. The zero-order chi connectivity index (χ0) is 14.7. The highest BCUT2D eigenvalue weighted by Gasteiger charge is 2.35. The predicted octanol–water partition coefficient (Wildman–Crippen LogP) is 3.43. The molecule has 2 unspecified atom stereocenters. The third kappa shape index (κ3) is 5.69. The summed E-state index contributed by atoms with van der Waals surface area (Å²) in [5.41, 5.74) is 0.0771. The van der Waals surface area contributed by atoms with Crippen molar-refractivity contribution < 1.29 is 13.2 Å². The van der Waals surface area contributed by atoms with E-state index in [4.69, 9.17) is 0 Å². The molecular formula is C14H27F3N2.